The quantitative estimate of drug-likeness (QED) is 0.872. The van der Waals surface area contributed by atoms with Gasteiger partial charge in [-0.15, -0.1) is 0 Å². The molecule has 1 aromatic rings. The van der Waals surface area contributed by atoms with E-state index < -0.39 is 6.61 Å². The molecule has 0 spiro atoms. The van der Waals surface area contributed by atoms with Crippen LogP contribution in [0.15, 0.2) is 24.3 Å². The van der Waals surface area contributed by atoms with Crippen LogP contribution in [0.1, 0.15) is 32.3 Å². The molecule has 118 valence electrons. The second-order valence-electron chi connectivity index (χ2n) is 5.49. The lowest BCUT2D eigenvalue weighted by molar-refractivity contribution is -0.0510. The van der Waals surface area contributed by atoms with Crippen molar-refractivity contribution in [2.24, 2.45) is 0 Å². The number of nitrogens with one attached hydrogen (secondary N) is 1. The van der Waals surface area contributed by atoms with Gasteiger partial charge < -0.3 is 10.1 Å². The lowest BCUT2D eigenvalue weighted by Crippen LogP contribution is -2.55. The molecule has 1 fully saturated rings. The number of nitrogens with zero attached hydrogens (tertiary/aromatic N) is 1. The molecule has 1 saturated heterocycles. The van der Waals surface area contributed by atoms with Gasteiger partial charge >= 0.3 is 6.61 Å². The average molecular weight is 298 g/mol. The first-order chi connectivity index (χ1) is 10.1. The molecule has 1 N–H and O–H groups in total. The molecule has 0 bridgehead atoms. The molecule has 2 rings (SSSR count). The van der Waals surface area contributed by atoms with Crippen LogP contribution in [0.25, 0.3) is 0 Å². The van der Waals surface area contributed by atoms with E-state index in [4.69, 9.17) is 0 Å². The highest BCUT2D eigenvalue weighted by atomic mass is 19.3. The molecule has 2 atom stereocenters. The molecular weight excluding hydrogens is 274 g/mol. The Morgan fingerprint density at radius 3 is 2.71 bits per heavy atom. The molecule has 5 heteroatoms. The van der Waals surface area contributed by atoms with Gasteiger partial charge in [-0.3, -0.25) is 4.90 Å². The Balaban J connectivity index is 2.11. The summed E-state index contributed by atoms with van der Waals surface area (Å²) in [6.45, 7) is 4.09. The van der Waals surface area contributed by atoms with Crippen LogP contribution in [0.4, 0.5) is 8.78 Å². The maximum Gasteiger partial charge on any atom is 0.387 e. The minimum atomic E-state index is -2.78. The summed E-state index contributed by atoms with van der Waals surface area (Å²) in [5.74, 6) is 0.286. The third-order valence-electron chi connectivity index (χ3n) is 4.14. The molecular formula is C16H24F2N2O. The van der Waals surface area contributed by atoms with Gasteiger partial charge in [-0.1, -0.05) is 32.0 Å². The van der Waals surface area contributed by atoms with Crippen molar-refractivity contribution in [3.8, 4) is 5.75 Å². The van der Waals surface area contributed by atoms with Crippen molar-refractivity contribution in [1.29, 1.82) is 0 Å². The van der Waals surface area contributed by atoms with E-state index in [9.17, 15) is 8.78 Å². The third kappa shape index (κ3) is 4.38. The highest BCUT2D eigenvalue weighted by molar-refractivity contribution is 5.33. The summed E-state index contributed by atoms with van der Waals surface area (Å²) in [4.78, 5) is 2.37. The van der Waals surface area contributed by atoms with Crippen LogP contribution in [-0.2, 0) is 6.54 Å². The number of halogens is 2. The molecule has 0 amide bonds. The van der Waals surface area contributed by atoms with E-state index in [1.807, 2.05) is 12.1 Å². The smallest absolute Gasteiger partial charge is 0.387 e. The minimum Gasteiger partial charge on any atom is -0.434 e. The molecule has 0 aliphatic carbocycles. The summed E-state index contributed by atoms with van der Waals surface area (Å²) in [5, 5.41) is 3.54. The van der Waals surface area contributed by atoms with Crippen LogP contribution in [0, 0.1) is 0 Å². The molecule has 21 heavy (non-hydrogen) atoms. The first kappa shape index (κ1) is 16.2. The average Bonchev–Trinajstić information content (AvgIpc) is 2.48. The fourth-order valence-corrected chi connectivity index (χ4v) is 2.86. The Bertz CT molecular complexity index is 442. The third-order valence-corrected chi connectivity index (χ3v) is 4.14. The molecule has 1 aliphatic heterocycles. The molecule has 0 saturated carbocycles. The zero-order chi connectivity index (χ0) is 15.2. The molecule has 1 aromatic carbocycles. The SMILES string of the molecule is CCC1CN(Cc2ccccc2OC(F)F)C(CC)CN1. The number of piperazine rings is 1. The summed E-state index contributed by atoms with van der Waals surface area (Å²) >= 11 is 0. The summed E-state index contributed by atoms with van der Waals surface area (Å²) < 4.78 is 29.6. The molecule has 2 unspecified atom stereocenters. The number of hydrogen-bond acceptors (Lipinski definition) is 3. The first-order valence-electron chi connectivity index (χ1n) is 7.64. The van der Waals surface area contributed by atoms with Crippen molar-refractivity contribution in [3.63, 3.8) is 0 Å². The van der Waals surface area contributed by atoms with Gasteiger partial charge in [0.2, 0.25) is 0 Å². The van der Waals surface area contributed by atoms with Gasteiger partial charge in [0.05, 0.1) is 0 Å². The van der Waals surface area contributed by atoms with Crippen LogP contribution in [0.5, 0.6) is 5.75 Å². The summed E-state index contributed by atoms with van der Waals surface area (Å²) in [5.41, 5.74) is 0.827. The highest BCUT2D eigenvalue weighted by Crippen LogP contribution is 2.24. The molecule has 0 aromatic heterocycles. The second kappa shape index (κ2) is 7.71. The van der Waals surface area contributed by atoms with E-state index in [0.717, 1.165) is 31.5 Å². The van der Waals surface area contributed by atoms with E-state index in [0.29, 0.717) is 18.6 Å². The van der Waals surface area contributed by atoms with Crippen LogP contribution in [0.2, 0.25) is 0 Å². The predicted octanol–water partition coefficient (Wildman–Crippen LogP) is 3.25. The number of alkyl halides is 2. The van der Waals surface area contributed by atoms with E-state index in [-0.39, 0.29) is 5.75 Å². The van der Waals surface area contributed by atoms with Gasteiger partial charge in [0, 0.05) is 37.3 Å². The molecule has 3 nitrogen and oxygen atoms in total. The van der Waals surface area contributed by atoms with Gasteiger partial charge in [-0.25, -0.2) is 0 Å². The zero-order valence-electron chi connectivity index (χ0n) is 12.7. The lowest BCUT2D eigenvalue weighted by atomic mass is 10.0. The van der Waals surface area contributed by atoms with Crippen molar-refractivity contribution in [2.45, 2.75) is 51.9 Å². The number of rotatable bonds is 6. The van der Waals surface area contributed by atoms with Gasteiger partial charge in [0.15, 0.2) is 0 Å². The van der Waals surface area contributed by atoms with Crippen molar-refractivity contribution in [2.75, 3.05) is 13.1 Å². The second-order valence-corrected chi connectivity index (χ2v) is 5.49. The van der Waals surface area contributed by atoms with E-state index in [2.05, 4.69) is 28.8 Å². The standard InChI is InChI=1S/C16H24F2N2O/c1-3-13-11-20(14(4-2)9-19-13)10-12-7-5-6-8-15(12)21-16(17)18/h5-8,13-14,16,19H,3-4,9-11H2,1-2H3. The fraction of sp³-hybridized carbons (Fsp3) is 0.625. The minimum absolute atomic E-state index is 0.286. The maximum absolute atomic E-state index is 12.5. The van der Waals surface area contributed by atoms with E-state index >= 15 is 0 Å². The first-order valence-corrected chi connectivity index (χ1v) is 7.64. The highest BCUT2D eigenvalue weighted by Gasteiger charge is 2.26. The van der Waals surface area contributed by atoms with E-state index in [1.165, 1.54) is 0 Å². The Morgan fingerprint density at radius 2 is 2.05 bits per heavy atom. The van der Waals surface area contributed by atoms with Crippen molar-refractivity contribution >= 4 is 0 Å². The van der Waals surface area contributed by atoms with Crippen molar-refractivity contribution < 1.29 is 13.5 Å². The Morgan fingerprint density at radius 1 is 1.29 bits per heavy atom. The largest absolute Gasteiger partial charge is 0.434 e. The van der Waals surface area contributed by atoms with Crippen LogP contribution in [0.3, 0.4) is 0 Å². The lowest BCUT2D eigenvalue weighted by Gasteiger charge is -2.40. The molecule has 0 radical (unpaired) electrons. The topological polar surface area (TPSA) is 24.5 Å². The number of hydrogen-bond donors (Lipinski definition) is 1. The predicted molar refractivity (Wildman–Crippen MR) is 79.6 cm³/mol. The van der Waals surface area contributed by atoms with Crippen LogP contribution in [-0.4, -0.2) is 36.7 Å². The molecule has 1 aliphatic rings. The van der Waals surface area contributed by atoms with Gasteiger partial charge in [-0.05, 0) is 18.9 Å². The van der Waals surface area contributed by atoms with Crippen molar-refractivity contribution in [3.05, 3.63) is 29.8 Å². The summed E-state index contributed by atoms with van der Waals surface area (Å²) in [6.07, 6.45) is 2.11. The monoisotopic (exact) mass is 298 g/mol. The Kier molecular flexibility index (Phi) is 5.94. The maximum atomic E-state index is 12.5. The van der Waals surface area contributed by atoms with Gasteiger partial charge in [0.25, 0.3) is 0 Å². The fourth-order valence-electron chi connectivity index (χ4n) is 2.86. The number of para-hydroxylation sites is 1. The van der Waals surface area contributed by atoms with Gasteiger partial charge in [0.1, 0.15) is 5.75 Å². The Hall–Kier alpha value is -1.20. The van der Waals surface area contributed by atoms with Crippen LogP contribution >= 0.6 is 0 Å². The Labute approximate surface area is 125 Å². The zero-order valence-corrected chi connectivity index (χ0v) is 12.7. The van der Waals surface area contributed by atoms with Crippen molar-refractivity contribution in [1.82, 2.24) is 10.2 Å². The summed E-state index contributed by atoms with van der Waals surface area (Å²) in [7, 11) is 0. The van der Waals surface area contributed by atoms with Gasteiger partial charge in [-0.2, -0.15) is 8.78 Å². The summed E-state index contributed by atoms with van der Waals surface area (Å²) in [6, 6.07) is 7.98. The molecule has 1 heterocycles. The normalized spacial score (nSPS) is 23.5. The number of benzene rings is 1. The van der Waals surface area contributed by atoms with E-state index in [1.54, 1.807) is 12.1 Å². The number of ether oxygens (including phenoxy) is 1. The van der Waals surface area contributed by atoms with Crippen LogP contribution < -0.4 is 10.1 Å².